The van der Waals surface area contributed by atoms with Gasteiger partial charge in [-0.25, -0.2) is 9.37 Å². The molecule has 1 atom stereocenters. The fourth-order valence-corrected chi connectivity index (χ4v) is 4.69. The first-order valence-electron chi connectivity index (χ1n) is 10.2. The third-order valence-electron chi connectivity index (χ3n) is 5.68. The van der Waals surface area contributed by atoms with Gasteiger partial charge < -0.3 is 10.6 Å². The van der Waals surface area contributed by atoms with Crippen molar-refractivity contribution in [2.24, 2.45) is 18.7 Å². The van der Waals surface area contributed by atoms with Gasteiger partial charge in [0.15, 0.2) is 5.16 Å². The number of nitrogens with zero attached hydrogens (tertiary/aromatic N) is 3. The summed E-state index contributed by atoms with van der Waals surface area (Å²) in [5, 5.41) is 0.0452. The van der Waals surface area contributed by atoms with Gasteiger partial charge in [0.25, 0.3) is 5.56 Å². The van der Waals surface area contributed by atoms with E-state index in [2.05, 4.69) is 4.98 Å². The van der Waals surface area contributed by atoms with Crippen molar-refractivity contribution in [2.45, 2.75) is 43.5 Å². The van der Waals surface area contributed by atoms with Gasteiger partial charge in [-0.1, -0.05) is 23.9 Å². The first-order chi connectivity index (χ1) is 14.7. The van der Waals surface area contributed by atoms with E-state index in [1.165, 1.54) is 28.5 Å². The summed E-state index contributed by atoms with van der Waals surface area (Å²) in [5.74, 6) is -0.860. The summed E-state index contributed by atoms with van der Waals surface area (Å²) >= 11 is 1.24. The molecule has 1 fully saturated rings. The van der Waals surface area contributed by atoms with E-state index in [0.29, 0.717) is 48.8 Å². The molecule has 0 bridgehead atoms. The molecule has 0 aliphatic carbocycles. The molecule has 1 aromatic carbocycles. The second-order valence-electron chi connectivity index (χ2n) is 7.89. The molecule has 0 saturated carbocycles. The number of carbonyl (C=O) groups is 2. The molecule has 166 valence electrons. The zero-order valence-electron chi connectivity index (χ0n) is 17.9. The highest BCUT2D eigenvalue weighted by Gasteiger charge is 2.29. The normalized spacial score (nSPS) is 15.7. The number of halogens is 1. The van der Waals surface area contributed by atoms with Crippen molar-refractivity contribution >= 4 is 23.6 Å². The van der Waals surface area contributed by atoms with E-state index >= 15 is 0 Å². The van der Waals surface area contributed by atoms with Crippen molar-refractivity contribution < 1.29 is 14.0 Å². The quantitative estimate of drug-likeness (QED) is 0.541. The number of primary amides is 1. The van der Waals surface area contributed by atoms with Gasteiger partial charge in [0.1, 0.15) is 5.82 Å². The predicted molar refractivity (Wildman–Crippen MR) is 117 cm³/mol. The third kappa shape index (κ3) is 5.33. The Labute approximate surface area is 184 Å². The van der Waals surface area contributed by atoms with E-state index in [0.717, 1.165) is 5.56 Å². The van der Waals surface area contributed by atoms with E-state index in [9.17, 15) is 18.8 Å². The number of likely N-dealkylation sites (tertiary alicyclic amines) is 1. The van der Waals surface area contributed by atoms with Crippen LogP contribution >= 0.6 is 11.8 Å². The summed E-state index contributed by atoms with van der Waals surface area (Å²) in [6.45, 7) is 4.56. The van der Waals surface area contributed by atoms with Crippen molar-refractivity contribution in [1.82, 2.24) is 14.5 Å². The molecule has 0 radical (unpaired) electrons. The van der Waals surface area contributed by atoms with Crippen LogP contribution in [0.3, 0.4) is 0 Å². The van der Waals surface area contributed by atoms with Crippen LogP contribution in [-0.4, -0.2) is 44.6 Å². The highest BCUT2D eigenvalue weighted by atomic mass is 32.2. The number of hydrogen-bond acceptors (Lipinski definition) is 5. The van der Waals surface area contributed by atoms with Crippen LogP contribution in [0, 0.1) is 18.7 Å². The zero-order chi connectivity index (χ0) is 22.7. The molecule has 9 heteroatoms. The molecule has 2 N–H and O–H groups in total. The number of rotatable bonds is 6. The maximum Gasteiger partial charge on any atom is 0.257 e. The van der Waals surface area contributed by atoms with Gasteiger partial charge >= 0.3 is 0 Å². The Kier molecular flexibility index (Phi) is 7.15. The minimum absolute atomic E-state index is 0.0461. The minimum atomic E-state index is -0.425. The number of thioether (sulfide) groups is 1. The highest BCUT2D eigenvalue weighted by molar-refractivity contribution is 8.00. The number of aromatic nitrogens is 2. The van der Waals surface area contributed by atoms with Crippen molar-refractivity contribution in [2.75, 3.05) is 13.1 Å². The van der Waals surface area contributed by atoms with Crippen LogP contribution in [0.5, 0.6) is 0 Å². The van der Waals surface area contributed by atoms with E-state index in [1.54, 1.807) is 37.9 Å². The lowest BCUT2D eigenvalue weighted by atomic mass is 9.96. The van der Waals surface area contributed by atoms with E-state index < -0.39 is 5.25 Å². The number of benzene rings is 1. The molecule has 0 spiro atoms. The van der Waals surface area contributed by atoms with Crippen LogP contribution < -0.4 is 11.3 Å². The highest BCUT2D eigenvalue weighted by Crippen LogP contribution is 2.25. The summed E-state index contributed by atoms with van der Waals surface area (Å²) in [7, 11) is 1.64. The van der Waals surface area contributed by atoms with Gasteiger partial charge in [0, 0.05) is 43.7 Å². The Hall–Kier alpha value is -2.68. The maximum atomic E-state index is 13.1. The summed E-state index contributed by atoms with van der Waals surface area (Å²) in [5.41, 5.74) is 7.15. The first kappa shape index (κ1) is 23.0. The second kappa shape index (κ2) is 9.64. The Morgan fingerprint density at radius 1 is 1.26 bits per heavy atom. The van der Waals surface area contributed by atoms with Crippen LogP contribution in [0.4, 0.5) is 4.39 Å². The fourth-order valence-electron chi connectivity index (χ4n) is 3.70. The Balaban J connectivity index is 1.71. The predicted octanol–water partition coefficient (Wildman–Crippen LogP) is 2.02. The molecular formula is C22H27FN4O3S. The molecule has 31 heavy (non-hydrogen) atoms. The minimum Gasteiger partial charge on any atom is -0.369 e. The van der Waals surface area contributed by atoms with Gasteiger partial charge in [0.2, 0.25) is 11.8 Å². The maximum absolute atomic E-state index is 13.1. The van der Waals surface area contributed by atoms with Gasteiger partial charge in [-0.05, 0) is 44.4 Å². The summed E-state index contributed by atoms with van der Waals surface area (Å²) in [6, 6.07) is 6.04. The lowest BCUT2D eigenvalue weighted by Gasteiger charge is -2.32. The van der Waals surface area contributed by atoms with E-state index in [1.807, 2.05) is 0 Å². The van der Waals surface area contributed by atoms with Gasteiger partial charge in [-0.3, -0.25) is 19.0 Å². The number of amides is 2. The van der Waals surface area contributed by atoms with Crippen molar-refractivity contribution in [3.63, 3.8) is 0 Å². The summed E-state index contributed by atoms with van der Waals surface area (Å²) < 4.78 is 14.6. The van der Waals surface area contributed by atoms with Crippen molar-refractivity contribution in [3.05, 3.63) is 57.3 Å². The number of piperidine rings is 1. The molecule has 1 aliphatic heterocycles. The van der Waals surface area contributed by atoms with Gasteiger partial charge in [0.05, 0.1) is 5.25 Å². The van der Waals surface area contributed by atoms with Gasteiger partial charge in [-0.15, -0.1) is 0 Å². The Morgan fingerprint density at radius 3 is 2.45 bits per heavy atom. The lowest BCUT2D eigenvalue weighted by Crippen LogP contribution is -2.44. The molecule has 2 heterocycles. The first-order valence-corrected chi connectivity index (χ1v) is 11.1. The van der Waals surface area contributed by atoms with Crippen LogP contribution in [-0.2, 0) is 23.1 Å². The third-order valence-corrected chi connectivity index (χ3v) is 6.81. The molecule has 1 unspecified atom stereocenters. The number of hydrogen-bond donors (Lipinski definition) is 1. The Morgan fingerprint density at radius 2 is 1.87 bits per heavy atom. The van der Waals surface area contributed by atoms with Crippen molar-refractivity contribution in [1.29, 1.82) is 0 Å². The molecule has 3 rings (SSSR count). The number of nitrogens with two attached hydrogens (primary N) is 1. The summed E-state index contributed by atoms with van der Waals surface area (Å²) in [4.78, 5) is 43.4. The zero-order valence-corrected chi connectivity index (χ0v) is 18.7. The topological polar surface area (TPSA) is 98.3 Å². The van der Waals surface area contributed by atoms with E-state index in [4.69, 9.17) is 5.73 Å². The van der Waals surface area contributed by atoms with Crippen molar-refractivity contribution in [3.8, 4) is 0 Å². The standard InChI is InChI=1S/C22H27FN4O3S/c1-13-18(12-15-4-6-17(23)7-5-15)21(30)26(3)22(25-13)31-14(2)20(29)27-10-8-16(9-11-27)19(24)28/h4-7,14,16H,8-12H2,1-3H3,(H2,24,28). The number of aryl methyl sites for hydroxylation is 1. The fraction of sp³-hybridized carbons (Fsp3) is 0.455. The monoisotopic (exact) mass is 446 g/mol. The molecule has 1 aromatic heterocycles. The van der Waals surface area contributed by atoms with Crippen LogP contribution in [0.1, 0.15) is 36.6 Å². The van der Waals surface area contributed by atoms with E-state index in [-0.39, 0.29) is 29.1 Å². The molecule has 7 nitrogen and oxygen atoms in total. The SMILES string of the molecule is Cc1nc(SC(C)C(=O)N2CCC(C(N)=O)CC2)n(C)c(=O)c1Cc1ccc(F)cc1. The largest absolute Gasteiger partial charge is 0.369 e. The lowest BCUT2D eigenvalue weighted by molar-refractivity contribution is -0.134. The van der Waals surface area contributed by atoms with Crippen LogP contribution in [0.25, 0.3) is 0 Å². The van der Waals surface area contributed by atoms with Crippen LogP contribution in [0.2, 0.25) is 0 Å². The average Bonchev–Trinajstić information content (AvgIpc) is 2.75. The molecular weight excluding hydrogens is 419 g/mol. The summed E-state index contributed by atoms with van der Waals surface area (Å²) in [6.07, 6.45) is 1.51. The van der Waals surface area contributed by atoms with Gasteiger partial charge in [-0.2, -0.15) is 0 Å². The second-order valence-corrected chi connectivity index (χ2v) is 9.20. The molecule has 2 aromatic rings. The Bertz CT molecular complexity index is 1030. The molecule has 1 saturated heterocycles. The average molecular weight is 447 g/mol. The van der Waals surface area contributed by atoms with Crippen LogP contribution in [0.15, 0.2) is 34.2 Å². The number of carbonyl (C=O) groups excluding carboxylic acids is 2. The smallest absolute Gasteiger partial charge is 0.257 e. The molecule has 2 amide bonds. The molecule has 1 aliphatic rings.